The van der Waals surface area contributed by atoms with E-state index in [1.807, 2.05) is 18.7 Å². The number of thioether (sulfide) groups is 1. The van der Waals surface area contributed by atoms with Gasteiger partial charge in [0.25, 0.3) is 0 Å². The van der Waals surface area contributed by atoms with Crippen molar-refractivity contribution in [3.63, 3.8) is 0 Å². The van der Waals surface area contributed by atoms with Crippen LogP contribution in [0.3, 0.4) is 0 Å². The minimum Gasteiger partial charge on any atom is -0.396 e. The normalized spacial score (nSPS) is 11.0. The third-order valence-electron chi connectivity index (χ3n) is 2.84. The Hall–Kier alpha value is -1.05. The van der Waals surface area contributed by atoms with Gasteiger partial charge in [-0.15, -0.1) is 11.3 Å². The van der Waals surface area contributed by atoms with Crippen LogP contribution >= 0.6 is 23.1 Å². The molecule has 0 atom stereocenters. The molecule has 2 aromatic rings. The Bertz CT molecular complexity index is 573. The van der Waals surface area contributed by atoms with E-state index in [4.69, 9.17) is 5.11 Å². The van der Waals surface area contributed by atoms with Gasteiger partial charge in [-0.1, -0.05) is 0 Å². The highest BCUT2D eigenvalue weighted by atomic mass is 32.2. The molecule has 0 radical (unpaired) electrons. The molecule has 5 nitrogen and oxygen atoms in total. The molecule has 0 amide bonds. The molecule has 116 valence electrons. The summed E-state index contributed by atoms with van der Waals surface area (Å²) in [4.78, 5) is 11.4. The number of fused-ring (bicyclic) bond motifs is 1. The van der Waals surface area contributed by atoms with Crippen LogP contribution in [0.25, 0.3) is 10.2 Å². The average molecular weight is 326 g/mol. The second-order valence-corrected chi connectivity index (χ2v) is 7.08. The van der Waals surface area contributed by atoms with Crippen molar-refractivity contribution in [2.75, 3.05) is 41.8 Å². The lowest BCUT2D eigenvalue weighted by molar-refractivity contribution is 0.296. The van der Waals surface area contributed by atoms with Crippen molar-refractivity contribution >= 4 is 45.1 Å². The zero-order valence-electron chi connectivity index (χ0n) is 12.5. The molecule has 7 heteroatoms. The number of aliphatic hydroxyl groups excluding tert-OH is 1. The summed E-state index contributed by atoms with van der Waals surface area (Å²) in [5.74, 6) is 3.59. The fraction of sp³-hybridized carbons (Fsp3) is 0.571. The minimum absolute atomic E-state index is 0.271. The maximum Gasteiger partial charge on any atom is 0.226 e. The van der Waals surface area contributed by atoms with E-state index in [-0.39, 0.29) is 6.61 Å². The van der Waals surface area contributed by atoms with Crippen LogP contribution in [-0.2, 0) is 0 Å². The van der Waals surface area contributed by atoms with Crippen molar-refractivity contribution in [3.8, 4) is 0 Å². The monoisotopic (exact) mass is 326 g/mol. The molecular formula is C14H22N4OS2. The summed E-state index contributed by atoms with van der Waals surface area (Å²) in [5.41, 5.74) is 0. The van der Waals surface area contributed by atoms with Gasteiger partial charge in [0.2, 0.25) is 5.95 Å². The fourth-order valence-corrected chi connectivity index (χ4v) is 3.59. The molecule has 2 aromatic heterocycles. The smallest absolute Gasteiger partial charge is 0.226 e. The van der Waals surface area contributed by atoms with E-state index in [9.17, 15) is 0 Å². The lowest BCUT2D eigenvalue weighted by Gasteiger charge is -2.09. The molecule has 3 N–H and O–H groups in total. The van der Waals surface area contributed by atoms with Gasteiger partial charge in [0.05, 0.1) is 5.39 Å². The average Bonchev–Trinajstić information content (AvgIpc) is 2.83. The quantitative estimate of drug-likeness (QED) is 0.616. The summed E-state index contributed by atoms with van der Waals surface area (Å²) in [6, 6.07) is 2.14. The van der Waals surface area contributed by atoms with E-state index in [0.29, 0.717) is 5.95 Å². The van der Waals surface area contributed by atoms with Crippen molar-refractivity contribution in [3.05, 3.63) is 10.9 Å². The Morgan fingerprint density at radius 3 is 2.90 bits per heavy atom. The number of nitrogens with one attached hydrogen (secondary N) is 2. The van der Waals surface area contributed by atoms with E-state index in [1.54, 1.807) is 11.3 Å². The largest absolute Gasteiger partial charge is 0.396 e. The Morgan fingerprint density at radius 2 is 2.14 bits per heavy atom. The highest BCUT2D eigenvalue weighted by molar-refractivity contribution is 7.99. The standard InChI is InChI=1S/C14H22N4OS2/c1-3-15-14-17-12(16-5-8-20-7-4-6-19)11-9-10(2)21-13(11)18-14/h9,19H,3-8H2,1-2H3,(H2,15,16,17,18). The molecule has 0 unspecified atom stereocenters. The van der Waals surface area contributed by atoms with Gasteiger partial charge >= 0.3 is 0 Å². The van der Waals surface area contributed by atoms with Crippen molar-refractivity contribution < 1.29 is 5.11 Å². The summed E-state index contributed by atoms with van der Waals surface area (Å²) in [6.45, 7) is 6.08. The highest BCUT2D eigenvalue weighted by Crippen LogP contribution is 2.29. The van der Waals surface area contributed by atoms with Gasteiger partial charge in [-0.2, -0.15) is 16.7 Å². The molecule has 0 bridgehead atoms. The highest BCUT2D eigenvalue weighted by Gasteiger charge is 2.09. The van der Waals surface area contributed by atoms with Crippen LogP contribution in [0.4, 0.5) is 11.8 Å². The van der Waals surface area contributed by atoms with E-state index in [0.717, 1.165) is 47.1 Å². The number of anilines is 2. The van der Waals surface area contributed by atoms with Gasteiger partial charge in [-0.25, -0.2) is 4.98 Å². The second kappa shape index (κ2) is 8.41. The third-order valence-corrected chi connectivity index (χ3v) is 4.85. The number of aliphatic hydroxyl groups is 1. The Labute approximate surface area is 133 Å². The number of hydrogen-bond donors (Lipinski definition) is 3. The maximum atomic E-state index is 8.75. The third kappa shape index (κ3) is 4.72. The Balaban J connectivity index is 2.02. The number of thiophene rings is 1. The second-order valence-electron chi connectivity index (χ2n) is 4.62. The zero-order chi connectivity index (χ0) is 15.1. The number of nitrogens with zero attached hydrogens (tertiary/aromatic N) is 2. The predicted molar refractivity (Wildman–Crippen MR) is 93.8 cm³/mol. The molecule has 0 fully saturated rings. The van der Waals surface area contributed by atoms with Gasteiger partial charge < -0.3 is 15.7 Å². The summed E-state index contributed by atoms with van der Waals surface area (Å²) in [7, 11) is 0. The molecule has 21 heavy (non-hydrogen) atoms. The van der Waals surface area contributed by atoms with Crippen LogP contribution in [0.2, 0.25) is 0 Å². The SMILES string of the molecule is CCNc1nc(NCCSCCCO)c2cc(C)sc2n1. The van der Waals surface area contributed by atoms with Crippen LogP contribution in [0.1, 0.15) is 18.2 Å². The molecule has 0 aliphatic rings. The van der Waals surface area contributed by atoms with Gasteiger partial charge in [-0.3, -0.25) is 0 Å². The van der Waals surface area contributed by atoms with Crippen LogP contribution in [0.15, 0.2) is 6.07 Å². The van der Waals surface area contributed by atoms with Crippen LogP contribution in [-0.4, -0.2) is 46.3 Å². The summed E-state index contributed by atoms with van der Waals surface area (Å²) < 4.78 is 0. The van der Waals surface area contributed by atoms with Crippen LogP contribution in [0, 0.1) is 6.92 Å². The topological polar surface area (TPSA) is 70.1 Å². The van der Waals surface area contributed by atoms with Crippen LogP contribution < -0.4 is 10.6 Å². The van der Waals surface area contributed by atoms with E-state index in [2.05, 4.69) is 33.6 Å². The van der Waals surface area contributed by atoms with Gasteiger partial charge in [0.1, 0.15) is 10.6 Å². The lowest BCUT2D eigenvalue weighted by Crippen LogP contribution is -2.09. The molecule has 0 aromatic carbocycles. The summed E-state index contributed by atoms with van der Waals surface area (Å²) >= 11 is 3.54. The van der Waals surface area contributed by atoms with Crippen molar-refractivity contribution in [2.45, 2.75) is 20.3 Å². The van der Waals surface area contributed by atoms with Gasteiger partial charge in [0, 0.05) is 30.3 Å². The minimum atomic E-state index is 0.271. The van der Waals surface area contributed by atoms with E-state index in [1.165, 1.54) is 4.88 Å². The van der Waals surface area contributed by atoms with Gasteiger partial charge in [-0.05, 0) is 32.1 Å². The van der Waals surface area contributed by atoms with Crippen molar-refractivity contribution in [1.29, 1.82) is 0 Å². The van der Waals surface area contributed by atoms with E-state index < -0.39 is 0 Å². The fourth-order valence-electron chi connectivity index (χ4n) is 1.92. The first-order valence-corrected chi connectivity index (χ1v) is 9.16. The number of rotatable bonds is 9. The molecular weight excluding hydrogens is 304 g/mol. The first kappa shape index (κ1) is 16.3. The molecule has 2 heterocycles. The number of aromatic nitrogens is 2. The van der Waals surface area contributed by atoms with Gasteiger partial charge in [0.15, 0.2) is 0 Å². The predicted octanol–water partition coefficient (Wildman–Crippen LogP) is 2.96. The van der Waals surface area contributed by atoms with Crippen LogP contribution in [0.5, 0.6) is 0 Å². The first-order chi connectivity index (χ1) is 10.2. The molecule has 0 saturated carbocycles. The summed E-state index contributed by atoms with van der Waals surface area (Å²) in [6.07, 6.45) is 0.858. The summed E-state index contributed by atoms with van der Waals surface area (Å²) in [5, 5.41) is 16.4. The molecule has 2 rings (SSSR count). The lowest BCUT2D eigenvalue weighted by atomic mass is 10.3. The molecule has 0 spiro atoms. The number of hydrogen-bond acceptors (Lipinski definition) is 7. The Morgan fingerprint density at radius 1 is 1.29 bits per heavy atom. The van der Waals surface area contributed by atoms with E-state index >= 15 is 0 Å². The zero-order valence-corrected chi connectivity index (χ0v) is 14.1. The first-order valence-electron chi connectivity index (χ1n) is 7.19. The maximum absolute atomic E-state index is 8.75. The molecule has 0 aliphatic carbocycles. The molecule has 0 saturated heterocycles. The van der Waals surface area contributed by atoms with Crippen molar-refractivity contribution in [2.24, 2.45) is 0 Å². The molecule has 0 aliphatic heterocycles. The number of aryl methyl sites for hydroxylation is 1. The Kier molecular flexibility index (Phi) is 6.53. The van der Waals surface area contributed by atoms with Crippen molar-refractivity contribution in [1.82, 2.24) is 9.97 Å².